The van der Waals surface area contributed by atoms with E-state index in [1.165, 1.54) is 24.4 Å². The second-order valence-corrected chi connectivity index (χ2v) is 3.72. The van der Waals surface area contributed by atoms with Crippen LogP contribution in [0.1, 0.15) is 5.56 Å². The number of pyridine rings is 1. The molecule has 0 aliphatic carbocycles. The van der Waals surface area contributed by atoms with Gasteiger partial charge in [-0.15, -0.1) is 0 Å². The molecule has 1 heterocycles. The number of aryl methyl sites for hydroxylation is 1. The highest BCUT2D eigenvalue weighted by Gasteiger charge is 2.03. The van der Waals surface area contributed by atoms with Gasteiger partial charge in [0.05, 0.1) is 6.20 Å². The third kappa shape index (κ3) is 2.30. The van der Waals surface area contributed by atoms with Crippen molar-refractivity contribution in [3.05, 3.63) is 58.3 Å². The fourth-order valence-corrected chi connectivity index (χ4v) is 1.54. The summed E-state index contributed by atoms with van der Waals surface area (Å²) in [4.78, 5) is 15.1. The van der Waals surface area contributed by atoms with E-state index in [1.807, 2.05) is 0 Å². The van der Waals surface area contributed by atoms with Gasteiger partial charge in [-0.3, -0.25) is 9.78 Å². The standard InChI is InChI=1S/C13H10FNO2/c1-8-4-9(2-3-12(16)13(8)17)10-5-11(14)7-15-6-10/h2-7H,1H3,(H,16,17). The van der Waals surface area contributed by atoms with Crippen LogP contribution in [0.15, 0.2) is 41.5 Å². The zero-order valence-corrected chi connectivity index (χ0v) is 9.14. The van der Waals surface area contributed by atoms with Crippen LogP contribution in [0.3, 0.4) is 0 Å². The summed E-state index contributed by atoms with van der Waals surface area (Å²) < 4.78 is 13.0. The minimum Gasteiger partial charge on any atom is -0.504 e. The maximum Gasteiger partial charge on any atom is 0.220 e. The van der Waals surface area contributed by atoms with Crippen LogP contribution < -0.4 is 5.43 Å². The van der Waals surface area contributed by atoms with Gasteiger partial charge >= 0.3 is 0 Å². The van der Waals surface area contributed by atoms with E-state index in [9.17, 15) is 14.3 Å². The highest BCUT2D eigenvalue weighted by molar-refractivity contribution is 5.63. The third-order valence-corrected chi connectivity index (χ3v) is 2.43. The van der Waals surface area contributed by atoms with Crippen LogP contribution in [-0.4, -0.2) is 10.1 Å². The molecule has 1 aromatic carbocycles. The molecule has 0 aliphatic heterocycles. The first-order chi connectivity index (χ1) is 8.08. The first-order valence-electron chi connectivity index (χ1n) is 5.03. The molecule has 0 radical (unpaired) electrons. The van der Waals surface area contributed by atoms with E-state index in [-0.39, 0.29) is 5.75 Å². The number of nitrogens with zero attached hydrogens (tertiary/aromatic N) is 1. The molecule has 0 fully saturated rings. The highest BCUT2D eigenvalue weighted by atomic mass is 19.1. The molecule has 0 aliphatic rings. The van der Waals surface area contributed by atoms with Gasteiger partial charge in [-0.05, 0) is 36.2 Å². The molecule has 1 N–H and O–H groups in total. The fourth-order valence-electron chi connectivity index (χ4n) is 1.54. The maximum atomic E-state index is 13.0. The van der Waals surface area contributed by atoms with Crippen LogP contribution in [0.5, 0.6) is 5.75 Å². The molecule has 0 amide bonds. The molecular formula is C13H10FNO2. The zero-order chi connectivity index (χ0) is 12.4. The lowest BCUT2D eigenvalue weighted by Gasteiger charge is -1.98. The average molecular weight is 231 g/mol. The molecule has 0 unspecified atom stereocenters. The molecule has 0 saturated heterocycles. The SMILES string of the molecule is Cc1cc(-c2cncc(F)c2)ccc(=O)c1O. The van der Waals surface area contributed by atoms with Gasteiger partial charge in [0.25, 0.3) is 0 Å². The summed E-state index contributed by atoms with van der Waals surface area (Å²) in [6.45, 7) is 1.62. The van der Waals surface area contributed by atoms with Crippen molar-refractivity contribution in [1.29, 1.82) is 0 Å². The Hall–Kier alpha value is -2.23. The van der Waals surface area contributed by atoms with Crippen molar-refractivity contribution < 1.29 is 9.50 Å². The van der Waals surface area contributed by atoms with Crippen LogP contribution in [-0.2, 0) is 0 Å². The van der Waals surface area contributed by atoms with E-state index in [2.05, 4.69) is 4.98 Å². The van der Waals surface area contributed by atoms with E-state index < -0.39 is 11.2 Å². The number of rotatable bonds is 1. The van der Waals surface area contributed by atoms with Gasteiger partial charge in [0.15, 0.2) is 5.75 Å². The van der Waals surface area contributed by atoms with Crippen LogP contribution in [0.4, 0.5) is 4.39 Å². The minimum absolute atomic E-state index is 0.291. The molecule has 2 rings (SSSR count). The van der Waals surface area contributed by atoms with Crippen molar-refractivity contribution in [2.45, 2.75) is 6.92 Å². The Morgan fingerprint density at radius 1 is 1.18 bits per heavy atom. The maximum absolute atomic E-state index is 13.0. The van der Waals surface area contributed by atoms with Crippen molar-refractivity contribution in [2.75, 3.05) is 0 Å². The van der Waals surface area contributed by atoms with Crippen LogP contribution in [0.25, 0.3) is 11.1 Å². The highest BCUT2D eigenvalue weighted by Crippen LogP contribution is 2.21. The molecule has 3 nitrogen and oxygen atoms in total. The number of hydrogen-bond acceptors (Lipinski definition) is 3. The summed E-state index contributed by atoms with van der Waals surface area (Å²) >= 11 is 0. The summed E-state index contributed by atoms with van der Waals surface area (Å²) in [5.41, 5.74) is 1.17. The Kier molecular flexibility index (Phi) is 2.87. The second-order valence-electron chi connectivity index (χ2n) is 3.72. The molecule has 0 spiro atoms. The number of halogens is 1. The summed E-state index contributed by atoms with van der Waals surface area (Å²) in [7, 11) is 0. The van der Waals surface area contributed by atoms with Gasteiger partial charge < -0.3 is 5.11 Å². The van der Waals surface area contributed by atoms with Crippen LogP contribution in [0, 0.1) is 12.7 Å². The molecule has 86 valence electrons. The summed E-state index contributed by atoms with van der Waals surface area (Å²) in [5, 5.41) is 9.49. The predicted molar refractivity (Wildman–Crippen MR) is 62.3 cm³/mol. The topological polar surface area (TPSA) is 50.2 Å². The largest absolute Gasteiger partial charge is 0.504 e. The predicted octanol–water partition coefficient (Wildman–Crippen LogP) is 2.26. The Morgan fingerprint density at radius 2 is 1.94 bits per heavy atom. The van der Waals surface area contributed by atoms with Crippen molar-refractivity contribution >= 4 is 0 Å². The fraction of sp³-hybridized carbons (Fsp3) is 0.0769. The summed E-state index contributed by atoms with van der Waals surface area (Å²) in [5.74, 6) is -0.737. The smallest absolute Gasteiger partial charge is 0.220 e. The molecule has 0 saturated carbocycles. The van der Waals surface area contributed by atoms with E-state index >= 15 is 0 Å². The number of aromatic nitrogens is 1. The Labute approximate surface area is 97.2 Å². The lowest BCUT2D eigenvalue weighted by molar-refractivity contribution is 0.467. The Bertz CT molecular complexity index is 626. The van der Waals surface area contributed by atoms with E-state index in [0.717, 1.165) is 6.20 Å². The van der Waals surface area contributed by atoms with Gasteiger partial charge in [-0.25, -0.2) is 4.39 Å². The number of aromatic hydroxyl groups is 1. The van der Waals surface area contributed by atoms with Gasteiger partial charge in [-0.2, -0.15) is 0 Å². The minimum atomic E-state index is -0.460. The zero-order valence-electron chi connectivity index (χ0n) is 9.14. The second kappa shape index (κ2) is 4.33. The van der Waals surface area contributed by atoms with Crippen LogP contribution >= 0.6 is 0 Å². The van der Waals surface area contributed by atoms with Crippen LogP contribution in [0.2, 0.25) is 0 Å². The van der Waals surface area contributed by atoms with Gasteiger partial charge in [-0.1, -0.05) is 6.07 Å². The van der Waals surface area contributed by atoms with Gasteiger partial charge in [0.2, 0.25) is 5.43 Å². The molecular weight excluding hydrogens is 221 g/mol. The first-order valence-corrected chi connectivity index (χ1v) is 5.03. The molecule has 0 bridgehead atoms. The lowest BCUT2D eigenvalue weighted by atomic mass is 10.1. The van der Waals surface area contributed by atoms with Gasteiger partial charge in [0.1, 0.15) is 5.82 Å². The normalized spacial score (nSPS) is 10.2. The Morgan fingerprint density at radius 3 is 2.65 bits per heavy atom. The van der Waals surface area contributed by atoms with E-state index in [4.69, 9.17) is 0 Å². The van der Waals surface area contributed by atoms with Crippen molar-refractivity contribution in [2.24, 2.45) is 0 Å². The molecule has 4 heteroatoms. The summed E-state index contributed by atoms with van der Waals surface area (Å²) in [6, 6.07) is 5.73. The van der Waals surface area contributed by atoms with E-state index in [0.29, 0.717) is 16.7 Å². The van der Waals surface area contributed by atoms with Crippen molar-refractivity contribution in [3.8, 4) is 16.9 Å². The monoisotopic (exact) mass is 231 g/mol. The van der Waals surface area contributed by atoms with E-state index in [1.54, 1.807) is 13.0 Å². The lowest BCUT2D eigenvalue weighted by Crippen LogP contribution is -1.93. The molecule has 17 heavy (non-hydrogen) atoms. The molecule has 2 aromatic rings. The summed E-state index contributed by atoms with van der Waals surface area (Å²) in [6.07, 6.45) is 2.61. The Balaban J connectivity index is 2.66. The number of hydrogen-bond donors (Lipinski definition) is 1. The quantitative estimate of drug-likeness (QED) is 0.819. The van der Waals surface area contributed by atoms with Crippen molar-refractivity contribution in [3.63, 3.8) is 0 Å². The van der Waals surface area contributed by atoms with Crippen molar-refractivity contribution in [1.82, 2.24) is 4.98 Å². The molecule has 1 aromatic heterocycles. The first kappa shape index (κ1) is 11.3. The van der Waals surface area contributed by atoms with Gasteiger partial charge in [0, 0.05) is 11.8 Å². The third-order valence-electron chi connectivity index (χ3n) is 2.43. The average Bonchev–Trinajstić information content (AvgIpc) is 2.43. The molecule has 0 atom stereocenters.